The summed E-state index contributed by atoms with van der Waals surface area (Å²) in [5, 5.41) is 0.837. The molecule has 0 bridgehead atoms. The molecule has 1 heterocycles. The predicted octanol–water partition coefficient (Wildman–Crippen LogP) is 2.85. The van der Waals surface area contributed by atoms with E-state index in [1.165, 1.54) is 25.0 Å². The molecule has 0 saturated carbocycles. The highest BCUT2D eigenvalue weighted by atomic mass is 32.2. The highest BCUT2D eigenvalue weighted by Crippen LogP contribution is 2.25. The topological polar surface area (TPSA) is 0 Å². The molecule has 0 amide bonds. The molecule has 0 aromatic rings. The van der Waals surface area contributed by atoms with E-state index >= 15 is 0 Å². The standard InChI is InChI=1S/C8H14S/c1-2-5-8-6-3-4-7-9-8/h2,5,8H,3-4,6-7H2,1H3/b5-2-. The molecule has 1 unspecified atom stereocenters. The monoisotopic (exact) mass is 142 g/mol. The fraction of sp³-hybridized carbons (Fsp3) is 0.750. The number of hydrogen-bond donors (Lipinski definition) is 0. The molecule has 1 saturated heterocycles. The lowest BCUT2D eigenvalue weighted by Crippen LogP contribution is -2.05. The molecular formula is C8H14S. The summed E-state index contributed by atoms with van der Waals surface area (Å²) in [5.74, 6) is 1.37. The summed E-state index contributed by atoms with van der Waals surface area (Å²) in [4.78, 5) is 0. The Kier molecular flexibility index (Phi) is 3.20. The summed E-state index contributed by atoms with van der Waals surface area (Å²) >= 11 is 2.10. The molecule has 1 heteroatoms. The van der Waals surface area contributed by atoms with E-state index in [0.29, 0.717) is 0 Å². The van der Waals surface area contributed by atoms with Crippen LogP contribution < -0.4 is 0 Å². The van der Waals surface area contributed by atoms with Gasteiger partial charge in [-0.3, -0.25) is 0 Å². The van der Waals surface area contributed by atoms with Crippen LogP contribution in [-0.4, -0.2) is 11.0 Å². The largest absolute Gasteiger partial charge is 0.154 e. The summed E-state index contributed by atoms with van der Waals surface area (Å²) < 4.78 is 0. The molecular weight excluding hydrogens is 128 g/mol. The van der Waals surface area contributed by atoms with Gasteiger partial charge in [-0.2, -0.15) is 11.8 Å². The Morgan fingerprint density at radius 3 is 2.89 bits per heavy atom. The van der Waals surface area contributed by atoms with Gasteiger partial charge in [0.2, 0.25) is 0 Å². The highest BCUT2D eigenvalue weighted by Gasteiger charge is 2.08. The zero-order valence-corrected chi connectivity index (χ0v) is 6.79. The number of thioether (sulfide) groups is 1. The zero-order valence-electron chi connectivity index (χ0n) is 5.97. The van der Waals surface area contributed by atoms with E-state index in [9.17, 15) is 0 Å². The van der Waals surface area contributed by atoms with E-state index < -0.39 is 0 Å². The second-order valence-corrected chi connectivity index (χ2v) is 3.78. The second kappa shape index (κ2) is 3.99. The van der Waals surface area contributed by atoms with E-state index in [0.717, 1.165) is 5.25 Å². The SMILES string of the molecule is C/C=C\C1CCCCS1. The highest BCUT2D eigenvalue weighted by molar-refractivity contribution is 8.00. The lowest BCUT2D eigenvalue weighted by Gasteiger charge is -2.16. The van der Waals surface area contributed by atoms with Crippen molar-refractivity contribution in [1.82, 2.24) is 0 Å². The maximum atomic E-state index is 2.32. The molecule has 1 aliphatic heterocycles. The third kappa shape index (κ3) is 2.44. The van der Waals surface area contributed by atoms with Crippen molar-refractivity contribution in [2.75, 3.05) is 5.75 Å². The van der Waals surface area contributed by atoms with Gasteiger partial charge in [0.15, 0.2) is 0 Å². The van der Waals surface area contributed by atoms with Crippen LogP contribution in [-0.2, 0) is 0 Å². The van der Waals surface area contributed by atoms with Gasteiger partial charge in [0.1, 0.15) is 0 Å². The molecule has 0 N–H and O–H groups in total. The Hall–Kier alpha value is 0.0900. The Morgan fingerprint density at radius 2 is 2.33 bits per heavy atom. The van der Waals surface area contributed by atoms with Crippen LogP contribution in [0.4, 0.5) is 0 Å². The summed E-state index contributed by atoms with van der Waals surface area (Å²) in [5.41, 5.74) is 0. The van der Waals surface area contributed by atoms with Gasteiger partial charge in [-0.15, -0.1) is 0 Å². The average Bonchev–Trinajstić information content (AvgIpc) is 1.91. The molecule has 1 atom stereocenters. The molecule has 0 spiro atoms. The van der Waals surface area contributed by atoms with Crippen LogP contribution in [0.5, 0.6) is 0 Å². The first-order valence-electron chi connectivity index (χ1n) is 3.68. The lowest BCUT2D eigenvalue weighted by molar-refractivity contribution is 0.719. The van der Waals surface area contributed by atoms with Gasteiger partial charge >= 0.3 is 0 Å². The predicted molar refractivity (Wildman–Crippen MR) is 44.9 cm³/mol. The lowest BCUT2D eigenvalue weighted by atomic mass is 10.2. The zero-order chi connectivity index (χ0) is 6.53. The van der Waals surface area contributed by atoms with E-state index in [2.05, 4.69) is 30.8 Å². The van der Waals surface area contributed by atoms with Crippen LogP contribution in [0.1, 0.15) is 26.2 Å². The smallest absolute Gasteiger partial charge is 0.0226 e. The van der Waals surface area contributed by atoms with Crippen LogP contribution in [0.3, 0.4) is 0 Å². The molecule has 1 rings (SSSR count). The van der Waals surface area contributed by atoms with Crippen molar-refractivity contribution in [3.63, 3.8) is 0 Å². The fourth-order valence-corrected chi connectivity index (χ4v) is 2.41. The Labute approximate surface area is 61.7 Å². The van der Waals surface area contributed by atoms with Crippen molar-refractivity contribution in [3.05, 3.63) is 12.2 Å². The maximum Gasteiger partial charge on any atom is 0.0226 e. The molecule has 1 fully saturated rings. The number of rotatable bonds is 1. The number of allylic oxidation sites excluding steroid dienone is 1. The van der Waals surface area contributed by atoms with Gasteiger partial charge in [-0.05, 0) is 25.5 Å². The third-order valence-corrected chi connectivity index (χ3v) is 2.97. The van der Waals surface area contributed by atoms with Crippen molar-refractivity contribution in [3.8, 4) is 0 Å². The quantitative estimate of drug-likeness (QED) is 0.507. The average molecular weight is 142 g/mol. The fourth-order valence-electron chi connectivity index (χ4n) is 1.13. The summed E-state index contributed by atoms with van der Waals surface area (Å²) in [7, 11) is 0. The van der Waals surface area contributed by atoms with E-state index in [1.807, 2.05) is 0 Å². The normalized spacial score (nSPS) is 29.2. The van der Waals surface area contributed by atoms with Crippen molar-refractivity contribution >= 4 is 11.8 Å². The van der Waals surface area contributed by atoms with Crippen molar-refractivity contribution < 1.29 is 0 Å². The molecule has 1 aliphatic rings. The maximum absolute atomic E-state index is 2.32. The molecule has 0 radical (unpaired) electrons. The summed E-state index contributed by atoms with van der Waals surface area (Å²) in [6, 6.07) is 0. The van der Waals surface area contributed by atoms with E-state index in [4.69, 9.17) is 0 Å². The minimum atomic E-state index is 0.837. The molecule has 0 aromatic heterocycles. The Balaban J connectivity index is 2.23. The Morgan fingerprint density at radius 1 is 1.44 bits per heavy atom. The van der Waals surface area contributed by atoms with Gasteiger partial charge in [-0.25, -0.2) is 0 Å². The minimum absolute atomic E-state index is 0.837. The van der Waals surface area contributed by atoms with E-state index in [-0.39, 0.29) is 0 Å². The third-order valence-electron chi connectivity index (χ3n) is 1.62. The second-order valence-electron chi connectivity index (χ2n) is 2.43. The first-order valence-corrected chi connectivity index (χ1v) is 4.73. The first-order chi connectivity index (χ1) is 4.43. The van der Waals surface area contributed by atoms with E-state index in [1.54, 1.807) is 0 Å². The van der Waals surface area contributed by atoms with Gasteiger partial charge < -0.3 is 0 Å². The van der Waals surface area contributed by atoms with Crippen LogP contribution in [0.2, 0.25) is 0 Å². The van der Waals surface area contributed by atoms with Crippen molar-refractivity contribution in [1.29, 1.82) is 0 Å². The molecule has 0 aliphatic carbocycles. The molecule has 9 heavy (non-hydrogen) atoms. The van der Waals surface area contributed by atoms with Gasteiger partial charge in [-0.1, -0.05) is 18.6 Å². The van der Waals surface area contributed by atoms with Crippen molar-refractivity contribution in [2.45, 2.75) is 31.4 Å². The van der Waals surface area contributed by atoms with Crippen LogP contribution in [0.25, 0.3) is 0 Å². The van der Waals surface area contributed by atoms with Crippen LogP contribution >= 0.6 is 11.8 Å². The summed E-state index contributed by atoms with van der Waals surface area (Å²) in [6.45, 7) is 2.11. The van der Waals surface area contributed by atoms with Gasteiger partial charge in [0, 0.05) is 5.25 Å². The minimum Gasteiger partial charge on any atom is -0.154 e. The van der Waals surface area contributed by atoms with Gasteiger partial charge in [0.05, 0.1) is 0 Å². The van der Waals surface area contributed by atoms with Crippen molar-refractivity contribution in [2.24, 2.45) is 0 Å². The van der Waals surface area contributed by atoms with Crippen LogP contribution in [0.15, 0.2) is 12.2 Å². The molecule has 0 nitrogen and oxygen atoms in total. The molecule has 52 valence electrons. The summed E-state index contributed by atoms with van der Waals surface area (Å²) in [6.07, 6.45) is 8.75. The Bertz CT molecular complexity index is 90.7. The molecule has 0 aromatic carbocycles. The number of hydrogen-bond acceptors (Lipinski definition) is 1. The first kappa shape index (κ1) is 7.20. The van der Waals surface area contributed by atoms with Crippen LogP contribution in [0, 0.1) is 0 Å². The van der Waals surface area contributed by atoms with Gasteiger partial charge in [0.25, 0.3) is 0 Å².